The minimum Gasteiger partial charge on any atom is -0.487 e. The van der Waals surface area contributed by atoms with E-state index < -0.39 is 0 Å². The first-order valence-electron chi connectivity index (χ1n) is 10.1. The number of Topliss-reactive ketones (excluding diaryl/α,β-unsaturated/α-hetero) is 1. The normalized spacial score (nSPS) is 22.1. The SMILES string of the molecule is C=CCC1=C(COCCCN)NC2=C(C(=O)CCC(C)(C)C2)C1CN=COC. The number of nitrogens with two attached hydrogens (primary N) is 1. The minimum absolute atomic E-state index is 0.0710. The first-order chi connectivity index (χ1) is 13.4. The van der Waals surface area contributed by atoms with Crippen LogP contribution in [-0.4, -0.2) is 45.6 Å². The fourth-order valence-electron chi connectivity index (χ4n) is 3.91. The fourth-order valence-corrected chi connectivity index (χ4v) is 3.91. The monoisotopic (exact) mass is 389 g/mol. The number of ether oxygens (including phenoxy) is 2. The molecular formula is C22H35N3O3. The maximum Gasteiger partial charge on any atom is 0.168 e. The molecule has 6 heteroatoms. The highest BCUT2D eigenvalue weighted by atomic mass is 16.5. The maximum absolute atomic E-state index is 13.1. The summed E-state index contributed by atoms with van der Waals surface area (Å²) in [6, 6.07) is 0. The molecule has 3 N–H and O–H groups in total. The Hall–Kier alpha value is -1.92. The molecule has 6 nitrogen and oxygen atoms in total. The number of methoxy groups -OCH3 is 1. The Kier molecular flexibility index (Phi) is 8.45. The van der Waals surface area contributed by atoms with Gasteiger partial charge in [0.2, 0.25) is 0 Å². The lowest BCUT2D eigenvalue weighted by Crippen LogP contribution is -2.34. The Bertz CT molecular complexity index is 662. The number of hydrogen-bond donors (Lipinski definition) is 2. The van der Waals surface area contributed by atoms with Crippen LogP contribution in [0.1, 0.15) is 46.0 Å². The number of rotatable bonds is 10. The van der Waals surface area contributed by atoms with Gasteiger partial charge in [0.05, 0.1) is 20.3 Å². The molecule has 0 amide bonds. The molecule has 0 spiro atoms. The van der Waals surface area contributed by atoms with Gasteiger partial charge in [-0.2, -0.15) is 0 Å². The second-order valence-electron chi connectivity index (χ2n) is 8.23. The summed E-state index contributed by atoms with van der Waals surface area (Å²) < 4.78 is 10.8. The number of nitrogens with zero attached hydrogens (tertiary/aromatic N) is 1. The third kappa shape index (κ3) is 5.79. The van der Waals surface area contributed by atoms with Crippen molar-refractivity contribution >= 4 is 12.2 Å². The number of allylic oxidation sites excluding steroid dienone is 2. The summed E-state index contributed by atoms with van der Waals surface area (Å²) in [7, 11) is 1.58. The van der Waals surface area contributed by atoms with Crippen LogP contribution in [0.5, 0.6) is 0 Å². The first kappa shape index (κ1) is 22.4. The summed E-state index contributed by atoms with van der Waals surface area (Å²) >= 11 is 0. The van der Waals surface area contributed by atoms with E-state index in [2.05, 4.69) is 30.7 Å². The van der Waals surface area contributed by atoms with Crippen molar-refractivity contribution in [1.29, 1.82) is 0 Å². The highest BCUT2D eigenvalue weighted by molar-refractivity contribution is 5.98. The van der Waals surface area contributed by atoms with Crippen molar-refractivity contribution in [2.45, 2.75) is 46.0 Å². The smallest absolute Gasteiger partial charge is 0.168 e. The molecule has 2 rings (SSSR count). The van der Waals surface area contributed by atoms with Crippen LogP contribution in [-0.2, 0) is 14.3 Å². The summed E-state index contributed by atoms with van der Waals surface area (Å²) in [4.78, 5) is 17.5. The van der Waals surface area contributed by atoms with Gasteiger partial charge in [-0.05, 0) is 43.2 Å². The Morgan fingerprint density at radius 2 is 2.21 bits per heavy atom. The third-order valence-electron chi connectivity index (χ3n) is 5.34. The summed E-state index contributed by atoms with van der Waals surface area (Å²) in [5.74, 6) is 0.144. The van der Waals surface area contributed by atoms with Gasteiger partial charge in [0.1, 0.15) is 0 Å². The Morgan fingerprint density at radius 3 is 2.89 bits per heavy atom. The zero-order valence-corrected chi connectivity index (χ0v) is 17.6. The molecule has 1 aliphatic heterocycles. The lowest BCUT2D eigenvalue weighted by Gasteiger charge is -2.33. The van der Waals surface area contributed by atoms with E-state index in [1.165, 1.54) is 6.40 Å². The predicted molar refractivity (Wildman–Crippen MR) is 113 cm³/mol. The summed E-state index contributed by atoms with van der Waals surface area (Å²) in [5.41, 5.74) is 9.69. The molecule has 0 bridgehead atoms. The average molecular weight is 390 g/mol. The molecule has 1 aliphatic carbocycles. The summed E-state index contributed by atoms with van der Waals surface area (Å²) in [6.45, 7) is 10.5. The van der Waals surface area contributed by atoms with Crippen LogP contribution in [0.15, 0.2) is 40.2 Å². The van der Waals surface area contributed by atoms with Crippen molar-refractivity contribution in [2.75, 3.05) is 33.4 Å². The van der Waals surface area contributed by atoms with E-state index in [1.807, 2.05) is 6.08 Å². The quantitative estimate of drug-likeness (QED) is 0.259. The minimum atomic E-state index is -0.0739. The zero-order valence-electron chi connectivity index (χ0n) is 17.6. The van der Waals surface area contributed by atoms with Crippen LogP contribution in [0, 0.1) is 11.3 Å². The number of dihydropyridines is 1. The van der Waals surface area contributed by atoms with Crippen LogP contribution in [0.3, 0.4) is 0 Å². The molecule has 1 heterocycles. The number of ketones is 1. The molecule has 0 radical (unpaired) electrons. The summed E-state index contributed by atoms with van der Waals surface area (Å²) in [6.07, 6.45) is 7.12. The molecule has 0 saturated heterocycles. The molecule has 2 aliphatic rings. The lowest BCUT2D eigenvalue weighted by molar-refractivity contribution is -0.116. The lowest BCUT2D eigenvalue weighted by atomic mass is 9.80. The number of carbonyl (C=O) groups excluding carboxylic acids is 1. The topological polar surface area (TPSA) is 85.9 Å². The number of aliphatic imine (C=N–C) groups is 1. The molecule has 1 unspecified atom stereocenters. The Labute approximate surface area is 168 Å². The molecular weight excluding hydrogens is 354 g/mol. The van der Waals surface area contributed by atoms with Gasteiger partial charge < -0.3 is 20.5 Å². The number of nitrogens with one attached hydrogen (secondary N) is 1. The number of carbonyl (C=O) groups is 1. The molecule has 0 aromatic heterocycles. The zero-order chi connectivity index (χ0) is 20.6. The second-order valence-corrected chi connectivity index (χ2v) is 8.23. The van der Waals surface area contributed by atoms with E-state index in [-0.39, 0.29) is 17.1 Å². The second kappa shape index (κ2) is 10.6. The fraction of sp³-hybridized carbons (Fsp3) is 0.636. The standard InChI is InChI=1S/C22H35N3O3/c1-5-7-16-17(13-24-15-27-4)21-18(12-22(2,3)9-8-20(21)26)25-19(16)14-28-11-6-10-23/h5,15,17,25H,1,6-14,23H2,2-4H3. The van der Waals surface area contributed by atoms with E-state index >= 15 is 0 Å². The van der Waals surface area contributed by atoms with Crippen LogP contribution in [0.25, 0.3) is 0 Å². The van der Waals surface area contributed by atoms with E-state index in [0.717, 1.165) is 41.8 Å². The van der Waals surface area contributed by atoms with Crippen molar-refractivity contribution in [2.24, 2.45) is 22.1 Å². The van der Waals surface area contributed by atoms with E-state index in [0.29, 0.717) is 39.1 Å². The highest BCUT2D eigenvalue weighted by Gasteiger charge is 2.37. The largest absolute Gasteiger partial charge is 0.487 e. The van der Waals surface area contributed by atoms with Crippen molar-refractivity contribution in [3.05, 3.63) is 35.2 Å². The van der Waals surface area contributed by atoms with Gasteiger partial charge in [-0.1, -0.05) is 19.9 Å². The van der Waals surface area contributed by atoms with Crippen molar-refractivity contribution < 1.29 is 14.3 Å². The van der Waals surface area contributed by atoms with Crippen molar-refractivity contribution in [1.82, 2.24) is 5.32 Å². The number of hydrogen-bond acceptors (Lipinski definition) is 6. The molecule has 0 fully saturated rings. The van der Waals surface area contributed by atoms with Gasteiger partial charge in [-0.15, -0.1) is 6.58 Å². The molecule has 156 valence electrons. The highest BCUT2D eigenvalue weighted by Crippen LogP contribution is 2.42. The summed E-state index contributed by atoms with van der Waals surface area (Å²) in [5, 5.41) is 3.56. The van der Waals surface area contributed by atoms with Gasteiger partial charge in [0.25, 0.3) is 0 Å². The molecule has 0 aromatic carbocycles. The van der Waals surface area contributed by atoms with Gasteiger partial charge >= 0.3 is 0 Å². The van der Waals surface area contributed by atoms with Crippen LogP contribution in [0.4, 0.5) is 0 Å². The molecule has 0 saturated carbocycles. The van der Waals surface area contributed by atoms with Gasteiger partial charge in [0, 0.05) is 35.9 Å². The molecule has 28 heavy (non-hydrogen) atoms. The van der Waals surface area contributed by atoms with Crippen LogP contribution >= 0.6 is 0 Å². The van der Waals surface area contributed by atoms with E-state index in [1.54, 1.807) is 7.11 Å². The average Bonchev–Trinajstić information content (AvgIpc) is 2.76. The Morgan fingerprint density at radius 1 is 1.43 bits per heavy atom. The Balaban J connectivity index is 2.40. The predicted octanol–water partition coefficient (Wildman–Crippen LogP) is 3.11. The van der Waals surface area contributed by atoms with Crippen molar-refractivity contribution in [3.63, 3.8) is 0 Å². The van der Waals surface area contributed by atoms with Crippen LogP contribution in [0.2, 0.25) is 0 Å². The van der Waals surface area contributed by atoms with Gasteiger partial charge in [-0.25, -0.2) is 0 Å². The molecule has 0 aromatic rings. The first-order valence-corrected chi connectivity index (χ1v) is 10.1. The third-order valence-corrected chi connectivity index (χ3v) is 5.34. The van der Waals surface area contributed by atoms with Crippen molar-refractivity contribution in [3.8, 4) is 0 Å². The van der Waals surface area contributed by atoms with Gasteiger partial charge in [-0.3, -0.25) is 9.79 Å². The maximum atomic E-state index is 13.1. The van der Waals surface area contributed by atoms with E-state index in [4.69, 9.17) is 15.2 Å². The van der Waals surface area contributed by atoms with E-state index in [9.17, 15) is 4.79 Å². The van der Waals surface area contributed by atoms with Crippen LogP contribution < -0.4 is 11.1 Å². The van der Waals surface area contributed by atoms with Gasteiger partial charge in [0.15, 0.2) is 12.2 Å². The molecule has 1 atom stereocenters.